The number of rotatable bonds is 3. The highest BCUT2D eigenvalue weighted by Crippen LogP contribution is 2.24. The van der Waals surface area contributed by atoms with E-state index in [4.69, 9.17) is 4.52 Å². The Labute approximate surface area is 112 Å². The first kappa shape index (κ1) is 12.3. The molecular weight excluding hydrogens is 240 g/mol. The lowest BCUT2D eigenvalue weighted by Crippen LogP contribution is -2.26. The van der Waals surface area contributed by atoms with Gasteiger partial charge in [0.05, 0.1) is 6.04 Å². The summed E-state index contributed by atoms with van der Waals surface area (Å²) in [4.78, 5) is 8.88. The highest BCUT2D eigenvalue weighted by Gasteiger charge is 2.22. The number of nitrogens with one attached hydrogen (secondary N) is 1. The highest BCUT2D eigenvalue weighted by atomic mass is 16.5. The van der Waals surface area contributed by atoms with Crippen LogP contribution in [0.3, 0.4) is 0 Å². The quantitative estimate of drug-likeness (QED) is 0.916. The molecule has 1 N–H and O–H groups in total. The SMILES string of the molecule is CCc1cccnc1-c1noc([C@H]2CCCCN2)n1. The van der Waals surface area contributed by atoms with Gasteiger partial charge in [-0.1, -0.05) is 24.6 Å². The average molecular weight is 258 g/mol. The van der Waals surface area contributed by atoms with Crippen LogP contribution in [0.5, 0.6) is 0 Å². The van der Waals surface area contributed by atoms with Gasteiger partial charge in [0.2, 0.25) is 11.7 Å². The van der Waals surface area contributed by atoms with Crippen molar-refractivity contribution >= 4 is 0 Å². The Morgan fingerprint density at radius 2 is 2.37 bits per heavy atom. The fourth-order valence-electron chi connectivity index (χ4n) is 2.46. The number of aryl methyl sites for hydroxylation is 1. The molecule has 0 saturated carbocycles. The van der Waals surface area contributed by atoms with Gasteiger partial charge < -0.3 is 9.84 Å². The third-order valence-corrected chi connectivity index (χ3v) is 3.53. The number of nitrogens with zero attached hydrogens (tertiary/aromatic N) is 3. The molecule has 0 radical (unpaired) electrons. The van der Waals surface area contributed by atoms with Gasteiger partial charge in [0.25, 0.3) is 0 Å². The molecule has 3 rings (SSSR count). The molecule has 0 amide bonds. The standard InChI is InChI=1S/C14H18N4O/c1-2-10-6-5-9-16-12(10)13-17-14(19-18-13)11-7-3-4-8-15-11/h5-6,9,11,15H,2-4,7-8H2,1H3/t11-/m1/s1. The normalized spacial score (nSPS) is 19.5. The molecule has 0 unspecified atom stereocenters. The molecule has 1 aliphatic rings. The van der Waals surface area contributed by atoms with Crippen molar-refractivity contribution in [3.63, 3.8) is 0 Å². The monoisotopic (exact) mass is 258 g/mol. The van der Waals surface area contributed by atoms with E-state index < -0.39 is 0 Å². The van der Waals surface area contributed by atoms with Gasteiger partial charge in [0.15, 0.2) is 0 Å². The molecule has 100 valence electrons. The summed E-state index contributed by atoms with van der Waals surface area (Å²) in [6, 6.07) is 4.19. The van der Waals surface area contributed by atoms with Crippen LogP contribution in [-0.4, -0.2) is 21.7 Å². The smallest absolute Gasteiger partial charge is 0.244 e. The first-order chi connectivity index (χ1) is 9.38. The summed E-state index contributed by atoms with van der Waals surface area (Å²) in [6.07, 6.45) is 6.17. The Bertz CT molecular complexity index is 546. The van der Waals surface area contributed by atoms with E-state index >= 15 is 0 Å². The lowest BCUT2D eigenvalue weighted by atomic mass is 10.1. The molecule has 0 spiro atoms. The molecule has 0 aliphatic carbocycles. The molecule has 1 aliphatic heterocycles. The van der Waals surface area contributed by atoms with Crippen LogP contribution in [0.2, 0.25) is 0 Å². The molecule has 2 aromatic heterocycles. The van der Waals surface area contributed by atoms with Crippen LogP contribution in [0.1, 0.15) is 43.7 Å². The van der Waals surface area contributed by atoms with Gasteiger partial charge in [0, 0.05) is 6.20 Å². The van der Waals surface area contributed by atoms with Crippen molar-refractivity contribution in [3.05, 3.63) is 29.8 Å². The van der Waals surface area contributed by atoms with Crippen LogP contribution in [-0.2, 0) is 6.42 Å². The molecule has 0 aromatic carbocycles. The lowest BCUT2D eigenvalue weighted by molar-refractivity contribution is 0.297. The summed E-state index contributed by atoms with van der Waals surface area (Å²) in [5, 5.41) is 7.49. The lowest BCUT2D eigenvalue weighted by Gasteiger charge is -2.19. The van der Waals surface area contributed by atoms with E-state index in [1.165, 1.54) is 12.8 Å². The molecule has 19 heavy (non-hydrogen) atoms. The van der Waals surface area contributed by atoms with Crippen LogP contribution in [0.25, 0.3) is 11.5 Å². The van der Waals surface area contributed by atoms with Crippen LogP contribution >= 0.6 is 0 Å². The summed E-state index contributed by atoms with van der Waals surface area (Å²) in [6.45, 7) is 3.12. The van der Waals surface area contributed by atoms with E-state index in [1.54, 1.807) is 6.20 Å². The third-order valence-electron chi connectivity index (χ3n) is 3.53. The first-order valence-electron chi connectivity index (χ1n) is 6.89. The maximum atomic E-state index is 5.39. The molecule has 3 heterocycles. The van der Waals surface area contributed by atoms with Crippen LogP contribution < -0.4 is 5.32 Å². The van der Waals surface area contributed by atoms with E-state index in [0.29, 0.717) is 11.7 Å². The molecule has 1 saturated heterocycles. The number of pyridine rings is 1. The zero-order valence-corrected chi connectivity index (χ0v) is 11.1. The second-order valence-electron chi connectivity index (χ2n) is 4.82. The summed E-state index contributed by atoms with van der Waals surface area (Å²) in [5.41, 5.74) is 1.97. The van der Waals surface area contributed by atoms with Crippen LogP contribution in [0, 0.1) is 0 Å². The van der Waals surface area contributed by atoms with Crippen molar-refractivity contribution in [3.8, 4) is 11.5 Å². The first-order valence-corrected chi connectivity index (χ1v) is 6.89. The molecule has 1 atom stereocenters. The summed E-state index contributed by atoms with van der Waals surface area (Å²) >= 11 is 0. The predicted molar refractivity (Wildman–Crippen MR) is 71.5 cm³/mol. The van der Waals surface area contributed by atoms with Crippen molar-refractivity contribution in [1.82, 2.24) is 20.4 Å². The highest BCUT2D eigenvalue weighted by molar-refractivity contribution is 5.53. The maximum Gasteiger partial charge on any atom is 0.244 e. The Morgan fingerprint density at radius 1 is 1.42 bits per heavy atom. The van der Waals surface area contributed by atoms with Crippen LogP contribution in [0.4, 0.5) is 0 Å². The minimum atomic E-state index is 0.198. The Morgan fingerprint density at radius 3 is 3.16 bits per heavy atom. The van der Waals surface area contributed by atoms with E-state index in [1.807, 2.05) is 6.07 Å². The number of aromatic nitrogens is 3. The summed E-state index contributed by atoms with van der Waals surface area (Å²) < 4.78 is 5.39. The van der Waals surface area contributed by atoms with Crippen molar-refractivity contribution in [2.75, 3.05) is 6.54 Å². The number of hydrogen-bond acceptors (Lipinski definition) is 5. The number of piperidine rings is 1. The van der Waals surface area contributed by atoms with E-state index in [0.717, 1.165) is 30.6 Å². The van der Waals surface area contributed by atoms with Gasteiger partial charge in [0.1, 0.15) is 5.69 Å². The molecule has 0 bridgehead atoms. The Kier molecular flexibility index (Phi) is 3.55. The Hall–Kier alpha value is -1.75. The van der Waals surface area contributed by atoms with Gasteiger partial charge in [-0.2, -0.15) is 4.98 Å². The molecule has 2 aromatic rings. The minimum absolute atomic E-state index is 0.198. The third kappa shape index (κ3) is 2.51. The molecular formula is C14H18N4O. The van der Waals surface area contributed by atoms with Gasteiger partial charge in [-0.05, 0) is 37.4 Å². The second-order valence-corrected chi connectivity index (χ2v) is 4.82. The van der Waals surface area contributed by atoms with Gasteiger partial charge in [-0.15, -0.1) is 0 Å². The van der Waals surface area contributed by atoms with Crippen molar-refractivity contribution in [1.29, 1.82) is 0 Å². The van der Waals surface area contributed by atoms with Crippen molar-refractivity contribution in [2.45, 2.75) is 38.6 Å². The zero-order chi connectivity index (χ0) is 13.1. The number of hydrogen-bond donors (Lipinski definition) is 1. The van der Waals surface area contributed by atoms with Gasteiger partial charge in [-0.25, -0.2) is 0 Å². The van der Waals surface area contributed by atoms with E-state index in [-0.39, 0.29) is 6.04 Å². The summed E-state index contributed by atoms with van der Waals surface area (Å²) in [7, 11) is 0. The van der Waals surface area contributed by atoms with Crippen LogP contribution in [0.15, 0.2) is 22.9 Å². The van der Waals surface area contributed by atoms with E-state index in [2.05, 4.69) is 33.4 Å². The van der Waals surface area contributed by atoms with Gasteiger partial charge in [-0.3, -0.25) is 4.98 Å². The van der Waals surface area contributed by atoms with Crippen molar-refractivity contribution in [2.24, 2.45) is 0 Å². The molecule has 1 fully saturated rings. The van der Waals surface area contributed by atoms with Crippen molar-refractivity contribution < 1.29 is 4.52 Å². The average Bonchev–Trinajstić information content (AvgIpc) is 2.98. The fraction of sp³-hybridized carbons (Fsp3) is 0.500. The second kappa shape index (κ2) is 5.48. The largest absolute Gasteiger partial charge is 0.337 e. The minimum Gasteiger partial charge on any atom is -0.337 e. The predicted octanol–water partition coefficient (Wildman–Crippen LogP) is 2.51. The molecule has 5 nitrogen and oxygen atoms in total. The fourth-order valence-corrected chi connectivity index (χ4v) is 2.46. The van der Waals surface area contributed by atoms with Gasteiger partial charge >= 0.3 is 0 Å². The topological polar surface area (TPSA) is 63.8 Å². The zero-order valence-electron chi connectivity index (χ0n) is 11.1. The molecule has 5 heteroatoms. The Balaban J connectivity index is 1.88. The van der Waals surface area contributed by atoms with E-state index in [9.17, 15) is 0 Å². The summed E-state index contributed by atoms with van der Waals surface area (Å²) in [5.74, 6) is 1.28. The maximum absolute atomic E-state index is 5.39.